The van der Waals surface area contributed by atoms with Gasteiger partial charge < -0.3 is 10.5 Å². The van der Waals surface area contributed by atoms with E-state index in [4.69, 9.17) is 10.5 Å². The van der Waals surface area contributed by atoms with Gasteiger partial charge >= 0.3 is 5.97 Å². The molecule has 1 rings (SSSR count). The highest BCUT2D eigenvalue weighted by Gasteiger charge is 2.17. The zero-order valence-electron chi connectivity index (χ0n) is 11.9. The summed E-state index contributed by atoms with van der Waals surface area (Å²) in [6.45, 7) is 6.95. The van der Waals surface area contributed by atoms with Gasteiger partial charge in [0.05, 0.1) is 6.61 Å². The van der Waals surface area contributed by atoms with Gasteiger partial charge in [0.25, 0.3) is 0 Å². The van der Waals surface area contributed by atoms with E-state index in [0.717, 1.165) is 18.4 Å². The lowest BCUT2D eigenvalue weighted by Gasteiger charge is -2.18. The molecule has 1 aromatic rings. The average molecular weight is 286 g/mol. The van der Waals surface area contributed by atoms with E-state index in [1.807, 2.05) is 30.3 Å². The molecule has 0 saturated heterocycles. The van der Waals surface area contributed by atoms with Crippen molar-refractivity contribution in [2.24, 2.45) is 11.1 Å². The summed E-state index contributed by atoms with van der Waals surface area (Å²) in [6, 6.07) is 8.61. The van der Waals surface area contributed by atoms with E-state index in [0.29, 0.717) is 6.61 Å². The maximum atomic E-state index is 11.7. The molecule has 3 nitrogen and oxygen atoms in total. The van der Waals surface area contributed by atoms with E-state index in [1.54, 1.807) is 0 Å². The monoisotopic (exact) mass is 285 g/mol. The smallest absolute Gasteiger partial charge is 0.327 e. The number of hydrogen-bond donors (Lipinski definition) is 1. The molecule has 0 aliphatic carbocycles. The SMILES string of the molecule is CC(C)(C)CCCOC(=O)C(N)c1ccccc1.Cl. The zero-order chi connectivity index (χ0) is 13.6. The van der Waals surface area contributed by atoms with Crippen molar-refractivity contribution in [2.75, 3.05) is 6.61 Å². The van der Waals surface area contributed by atoms with E-state index in [9.17, 15) is 4.79 Å². The third-order valence-electron chi connectivity index (χ3n) is 2.73. The number of rotatable bonds is 5. The molecule has 0 radical (unpaired) electrons. The van der Waals surface area contributed by atoms with Gasteiger partial charge in [-0.2, -0.15) is 0 Å². The topological polar surface area (TPSA) is 52.3 Å². The molecule has 1 aromatic carbocycles. The predicted octanol–water partition coefficient (Wildman–Crippen LogP) is 3.48. The highest BCUT2D eigenvalue weighted by atomic mass is 35.5. The first kappa shape index (κ1) is 17.9. The Hall–Kier alpha value is -1.06. The van der Waals surface area contributed by atoms with Crippen molar-refractivity contribution in [1.29, 1.82) is 0 Å². The fourth-order valence-corrected chi connectivity index (χ4v) is 1.66. The largest absolute Gasteiger partial charge is 0.464 e. The van der Waals surface area contributed by atoms with Crippen molar-refractivity contribution in [1.82, 2.24) is 0 Å². The summed E-state index contributed by atoms with van der Waals surface area (Å²) in [7, 11) is 0. The van der Waals surface area contributed by atoms with E-state index in [2.05, 4.69) is 20.8 Å². The third-order valence-corrected chi connectivity index (χ3v) is 2.73. The molecule has 0 amide bonds. The van der Waals surface area contributed by atoms with E-state index < -0.39 is 6.04 Å². The maximum absolute atomic E-state index is 11.7. The number of ether oxygens (including phenoxy) is 1. The van der Waals surface area contributed by atoms with Crippen LogP contribution >= 0.6 is 12.4 Å². The van der Waals surface area contributed by atoms with Crippen LogP contribution in [0.2, 0.25) is 0 Å². The number of halogens is 1. The Morgan fingerprint density at radius 3 is 2.37 bits per heavy atom. The molecule has 0 bridgehead atoms. The zero-order valence-corrected chi connectivity index (χ0v) is 12.7. The van der Waals surface area contributed by atoms with Crippen molar-refractivity contribution < 1.29 is 9.53 Å². The molecule has 4 heteroatoms. The fourth-order valence-electron chi connectivity index (χ4n) is 1.66. The van der Waals surface area contributed by atoms with Gasteiger partial charge in [0, 0.05) is 0 Å². The minimum atomic E-state index is -0.680. The molecule has 2 N–H and O–H groups in total. The number of carbonyl (C=O) groups excluding carboxylic acids is 1. The average Bonchev–Trinajstić information content (AvgIpc) is 2.33. The number of esters is 1. The summed E-state index contributed by atoms with van der Waals surface area (Å²) < 4.78 is 5.19. The van der Waals surface area contributed by atoms with Crippen LogP contribution in [0.1, 0.15) is 45.2 Å². The molecule has 0 fully saturated rings. The van der Waals surface area contributed by atoms with Crippen LogP contribution in [0.15, 0.2) is 30.3 Å². The predicted molar refractivity (Wildman–Crippen MR) is 80.3 cm³/mol. The normalized spacial score (nSPS) is 12.4. The number of nitrogens with two attached hydrogens (primary N) is 1. The Labute approximate surface area is 121 Å². The first-order valence-electron chi connectivity index (χ1n) is 6.37. The van der Waals surface area contributed by atoms with Crippen LogP contribution in [-0.4, -0.2) is 12.6 Å². The summed E-state index contributed by atoms with van der Waals surface area (Å²) in [4.78, 5) is 11.7. The molecular formula is C15H24ClNO2. The van der Waals surface area contributed by atoms with Gasteiger partial charge in [-0.25, -0.2) is 4.79 Å². The minimum absolute atomic E-state index is 0. The molecule has 0 aliphatic heterocycles. The molecule has 0 saturated carbocycles. The lowest BCUT2D eigenvalue weighted by atomic mass is 9.91. The number of benzene rings is 1. The van der Waals surface area contributed by atoms with Crippen LogP contribution in [0.3, 0.4) is 0 Å². The van der Waals surface area contributed by atoms with Gasteiger partial charge in [-0.05, 0) is 23.8 Å². The van der Waals surface area contributed by atoms with Crippen LogP contribution in [0, 0.1) is 5.41 Å². The summed E-state index contributed by atoms with van der Waals surface area (Å²) in [5, 5.41) is 0. The maximum Gasteiger partial charge on any atom is 0.327 e. The second kappa shape index (κ2) is 8.18. The van der Waals surface area contributed by atoms with Crippen molar-refractivity contribution in [3.05, 3.63) is 35.9 Å². The second-order valence-corrected chi connectivity index (χ2v) is 5.72. The molecule has 19 heavy (non-hydrogen) atoms. The molecular weight excluding hydrogens is 262 g/mol. The Morgan fingerprint density at radius 2 is 1.84 bits per heavy atom. The molecule has 0 spiro atoms. The minimum Gasteiger partial charge on any atom is -0.464 e. The Bertz CT molecular complexity index is 373. The van der Waals surface area contributed by atoms with E-state index in [1.165, 1.54) is 0 Å². The van der Waals surface area contributed by atoms with Crippen molar-refractivity contribution in [2.45, 2.75) is 39.7 Å². The molecule has 1 atom stereocenters. The van der Waals surface area contributed by atoms with Crippen molar-refractivity contribution in [3.63, 3.8) is 0 Å². The summed E-state index contributed by atoms with van der Waals surface area (Å²) >= 11 is 0. The lowest BCUT2D eigenvalue weighted by Crippen LogP contribution is -2.24. The Morgan fingerprint density at radius 1 is 1.26 bits per heavy atom. The Kier molecular flexibility index (Phi) is 7.72. The second-order valence-electron chi connectivity index (χ2n) is 5.72. The summed E-state index contributed by atoms with van der Waals surface area (Å²) in [6.07, 6.45) is 1.90. The van der Waals surface area contributed by atoms with Gasteiger partial charge in [-0.15, -0.1) is 12.4 Å². The first-order chi connectivity index (χ1) is 8.40. The highest BCUT2D eigenvalue weighted by Crippen LogP contribution is 2.20. The standard InChI is InChI=1S/C15H23NO2.ClH/c1-15(2,3)10-7-11-18-14(17)13(16)12-8-5-4-6-9-12;/h4-6,8-9,13H,7,10-11,16H2,1-3H3;1H. The lowest BCUT2D eigenvalue weighted by molar-refractivity contribution is -0.145. The first-order valence-corrected chi connectivity index (χ1v) is 6.37. The van der Waals surface area contributed by atoms with Crippen LogP contribution in [-0.2, 0) is 9.53 Å². The van der Waals surface area contributed by atoms with Crippen molar-refractivity contribution in [3.8, 4) is 0 Å². The third kappa shape index (κ3) is 7.19. The molecule has 0 heterocycles. The van der Waals surface area contributed by atoms with Gasteiger partial charge in [0.1, 0.15) is 6.04 Å². The van der Waals surface area contributed by atoms with Crippen LogP contribution in [0.4, 0.5) is 0 Å². The van der Waals surface area contributed by atoms with Crippen LogP contribution in [0.25, 0.3) is 0 Å². The Balaban J connectivity index is 0.00000324. The number of hydrogen-bond acceptors (Lipinski definition) is 3. The van der Waals surface area contributed by atoms with E-state index in [-0.39, 0.29) is 23.8 Å². The number of carbonyl (C=O) groups is 1. The van der Waals surface area contributed by atoms with E-state index >= 15 is 0 Å². The summed E-state index contributed by atoms with van der Waals surface area (Å²) in [5.41, 5.74) is 6.89. The van der Waals surface area contributed by atoms with Crippen LogP contribution < -0.4 is 5.73 Å². The molecule has 0 aromatic heterocycles. The molecule has 0 aliphatic rings. The molecule has 1 unspecified atom stereocenters. The van der Waals surface area contributed by atoms with Crippen LogP contribution in [0.5, 0.6) is 0 Å². The molecule has 108 valence electrons. The fraction of sp³-hybridized carbons (Fsp3) is 0.533. The van der Waals surface area contributed by atoms with Crippen molar-refractivity contribution >= 4 is 18.4 Å². The van der Waals surface area contributed by atoms with Gasteiger partial charge in [-0.1, -0.05) is 51.1 Å². The van der Waals surface area contributed by atoms with Gasteiger partial charge in [0.2, 0.25) is 0 Å². The quantitative estimate of drug-likeness (QED) is 0.666. The van der Waals surface area contributed by atoms with Gasteiger partial charge in [0.15, 0.2) is 0 Å². The summed E-state index contributed by atoms with van der Waals surface area (Å²) in [5.74, 6) is -0.352. The van der Waals surface area contributed by atoms with Gasteiger partial charge in [-0.3, -0.25) is 0 Å². The highest BCUT2D eigenvalue weighted by molar-refractivity contribution is 5.85.